The summed E-state index contributed by atoms with van der Waals surface area (Å²) in [7, 11) is 0. The Morgan fingerprint density at radius 2 is 1.87 bits per heavy atom. The molecule has 0 saturated carbocycles. The van der Waals surface area contributed by atoms with Gasteiger partial charge in [-0.15, -0.1) is 0 Å². The summed E-state index contributed by atoms with van der Waals surface area (Å²) < 4.78 is 9.69. The number of Topliss-reactive ketones (excluding diaryl/α,β-unsaturated/α-hetero) is 1. The van der Waals surface area contributed by atoms with Gasteiger partial charge < -0.3 is 9.47 Å². The molecule has 0 aromatic heterocycles. The molecule has 0 rings (SSSR count). The maximum Gasteiger partial charge on any atom is 0.333 e. The van der Waals surface area contributed by atoms with Crippen LogP contribution in [0, 0.1) is 5.92 Å². The van der Waals surface area contributed by atoms with E-state index in [4.69, 9.17) is 4.74 Å². The molecule has 0 aromatic carbocycles. The van der Waals surface area contributed by atoms with Gasteiger partial charge in [-0.1, -0.05) is 13.8 Å². The van der Waals surface area contributed by atoms with Gasteiger partial charge in [0.1, 0.15) is 0 Å². The van der Waals surface area contributed by atoms with Crippen LogP contribution in [0.25, 0.3) is 0 Å². The SMILES string of the molecule is CCOC(=O)C=COC(C)C(=O)C(C)C. The van der Waals surface area contributed by atoms with Crippen molar-refractivity contribution in [3.05, 3.63) is 12.3 Å². The van der Waals surface area contributed by atoms with E-state index in [2.05, 4.69) is 4.74 Å². The Bertz CT molecular complexity index is 243. The fourth-order valence-corrected chi connectivity index (χ4v) is 0.940. The van der Waals surface area contributed by atoms with Crippen molar-refractivity contribution in [1.29, 1.82) is 0 Å². The van der Waals surface area contributed by atoms with Crippen molar-refractivity contribution in [2.45, 2.75) is 33.8 Å². The van der Waals surface area contributed by atoms with Crippen LogP contribution in [0.4, 0.5) is 0 Å². The van der Waals surface area contributed by atoms with Crippen LogP contribution < -0.4 is 0 Å². The van der Waals surface area contributed by atoms with Gasteiger partial charge in [0.2, 0.25) is 0 Å². The lowest BCUT2D eigenvalue weighted by molar-refractivity contribution is -0.137. The second kappa shape index (κ2) is 7.04. The first-order valence-corrected chi connectivity index (χ1v) is 5.01. The number of carbonyl (C=O) groups is 2. The zero-order valence-electron chi connectivity index (χ0n) is 9.65. The summed E-state index contributed by atoms with van der Waals surface area (Å²) in [4.78, 5) is 22.2. The van der Waals surface area contributed by atoms with Gasteiger partial charge in [-0.05, 0) is 13.8 Å². The van der Waals surface area contributed by atoms with Crippen molar-refractivity contribution in [2.24, 2.45) is 5.92 Å². The van der Waals surface area contributed by atoms with E-state index in [-0.39, 0.29) is 11.7 Å². The lowest BCUT2D eigenvalue weighted by atomic mass is 10.1. The van der Waals surface area contributed by atoms with Gasteiger partial charge in [0, 0.05) is 5.92 Å². The molecular weight excluding hydrogens is 196 g/mol. The molecule has 0 radical (unpaired) electrons. The molecular formula is C11H18O4. The van der Waals surface area contributed by atoms with Gasteiger partial charge in [-0.25, -0.2) is 4.79 Å². The lowest BCUT2D eigenvalue weighted by Gasteiger charge is -2.11. The third-order valence-corrected chi connectivity index (χ3v) is 1.74. The van der Waals surface area contributed by atoms with Crippen molar-refractivity contribution < 1.29 is 19.1 Å². The number of rotatable bonds is 6. The first-order valence-electron chi connectivity index (χ1n) is 5.01. The first kappa shape index (κ1) is 13.7. The quantitative estimate of drug-likeness (QED) is 0.383. The standard InChI is InChI=1S/C11H18O4/c1-5-14-10(12)6-7-15-9(4)11(13)8(2)3/h6-9H,5H2,1-4H3. The topological polar surface area (TPSA) is 52.6 Å². The second-order valence-corrected chi connectivity index (χ2v) is 3.39. The number of ketones is 1. The number of carbonyl (C=O) groups excluding carboxylic acids is 2. The molecule has 0 fully saturated rings. The van der Waals surface area contributed by atoms with Crippen molar-refractivity contribution in [1.82, 2.24) is 0 Å². The highest BCUT2D eigenvalue weighted by molar-refractivity contribution is 5.84. The van der Waals surface area contributed by atoms with Crippen LogP contribution in [-0.4, -0.2) is 24.5 Å². The summed E-state index contributed by atoms with van der Waals surface area (Å²) in [5.41, 5.74) is 0. The van der Waals surface area contributed by atoms with Crippen LogP contribution in [0.2, 0.25) is 0 Å². The summed E-state index contributed by atoms with van der Waals surface area (Å²) >= 11 is 0. The molecule has 0 spiro atoms. The van der Waals surface area contributed by atoms with Crippen LogP contribution in [0.1, 0.15) is 27.7 Å². The Morgan fingerprint density at radius 1 is 1.27 bits per heavy atom. The molecule has 0 aromatic rings. The molecule has 0 aliphatic heterocycles. The van der Waals surface area contributed by atoms with E-state index >= 15 is 0 Å². The summed E-state index contributed by atoms with van der Waals surface area (Å²) in [6.45, 7) is 7.30. The predicted octanol–water partition coefficient (Wildman–Crippen LogP) is 1.69. The number of hydrogen-bond acceptors (Lipinski definition) is 4. The molecule has 15 heavy (non-hydrogen) atoms. The third kappa shape index (κ3) is 5.88. The zero-order chi connectivity index (χ0) is 11.8. The van der Waals surface area contributed by atoms with E-state index in [0.29, 0.717) is 6.61 Å². The normalized spacial score (nSPS) is 12.9. The molecule has 4 nitrogen and oxygen atoms in total. The monoisotopic (exact) mass is 214 g/mol. The van der Waals surface area contributed by atoms with Gasteiger partial charge in [-0.2, -0.15) is 0 Å². The van der Waals surface area contributed by atoms with Crippen LogP contribution in [0.3, 0.4) is 0 Å². The summed E-state index contributed by atoms with van der Waals surface area (Å²) in [5.74, 6) is -0.541. The molecule has 0 amide bonds. The van der Waals surface area contributed by atoms with E-state index in [1.54, 1.807) is 27.7 Å². The maximum atomic E-state index is 11.4. The molecule has 4 heteroatoms. The Morgan fingerprint density at radius 3 is 2.33 bits per heavy atom. The van der Waals surface area contributed by atoms with Gasteiger partial charge in [-0.3, -0.25) is 4.79 Å². The second-order valence-electron chi connectivity index (χ2n) is 3.39. The Labute approximate surface area is 90.2 Å². The summed E-state index contributed by atoms with van der Waals surface area (Å²) in [5, 5.41) is 0. The molecule has 1 atom stereocenters. The molecule has 0 N–H and O–H groups in total. The van der Waals surface area contributed by atoms with Gasteiger partial charge in [0.25, 0.3) is 0 Å². The third-order valence-electron chi connectivity index (χ3n) is 1.74. The number of ether oxygens (including phenoxy) is 2. The largest absolute Gasteiger partial charge is 0.490 e. The van der Waals surface area contributed by atoms with Crippen molar-refractivity contribution in [3.8, 4) is 0 Å². The van der Waals surface area contributed by atoms with E-state index in [1.165, 1.54) is 6.26 Å². The van der Waals surface area contributed by atoms with Gasteiger partial charge >= 0.3 is 5.97 Å². The average molecular weight is 214 g/mol. The number of esters is 1. The van der Waals surface area contributed by atoms with E-state index < -0.39 is 12.1 Å². The summed E-state index contributed by atoms with van der Waals surface area (Å²) in [6.07, 6.45) is 1.83. The zero-order valence-corrected chi connectivity index (χ0v) is 9.65. The van der Waals surface area contributed by atoms with Crippen LogP contribution >= 0.6 is 0 Å². The minimum Gasteiger partial charge on any atom is -0.490 e. The fraction of sp³-hybridized carbons (Fsp3) is 0.636. The predicted molar refractivity (Wildman–Crippen MR) is 56.2 cm³/mol. The fourth-order valence-electron chi connectivity index (χ4n) is 0.940. The molecule has 0 aliphatic carbocycles. The van der Waals surface area contributed by atoms with Gasteiger partial charge in [0.05, 0.1) is 18.9 Å². The Kier molecular flexibility index (Phi) is 6.42. The van der Waals surface area contributed by atoms with Crippen molar-refractivity contribution in [2.75, 3.05) is 6.61 Å². The Hall–Kier alpha value is -1.32. The Balaban J connectivity index is 3.94. The van der Waals surface area contributed by atoms with Crippen LogP contribution in [0.5, 0.6) is 0 Å². The number of hydrogen-bond donors (Lipinski definition) is 0. The van der Waals surface area contributed by atoms with E-state index in [9.17, 15) is 9.59 Å². The maximum absolute atomic E-state index is 11.4. The van der Waals surface area contributed by atoms with Crippen molar-refractivity contribution in [3.63, 3.8) is 0 Å². The lowest BCUT2D eigenvalue weighted by Crippen LogP contribution is -2.23. The van der Waals surface area contributed by atoms with Gasteiger partial charge in [0.15, 0.2) is 11.9 Å². The molecule has 0 heterocycles. The van der Waals surface area contributed by atoms with Crippen molar-refractivity contribution >= 4 is 11.8 Å². The molecule has 0 aliphatic rings. The molecule has 1 unspecified atom stereocenters. The highest BCUT2D eigenvalue weighted by Gasteiger charge is 2.16. The average Bonchev–Trinajstić information content (AvgIpc) is 2.16. The molecule has 86 valence electrons. The summed E-state index contributed by atoms with van der Waals surface area (Å²) in [6, 6.07) is 0. The molecule has 0 bridgehead atoms. The van der Waals surface area contributed by atoms with Crippen LogP contribution in [0.15, 0.2) is 12.3 Å². The molecule has 0 saturated heterocycles. The van der Waals surface area contributed by atoms with E-state index in [1.807, 2.05) is 0 Å². The minimum atomic E-state index is -0.532. The van der Waals surface area contributed by atoms with E-state index in [0.717, 1.165) is 6.08 Å². The highest BCUT2D eigenvalue weighted by Crippen LogP contribution is 2.03. The minimum absolute atomic E-state index is 0.00325. The first-order chi connectivity index (χ1) is 6.99. The van der Waals surface area contributed by atoms with Crippen LogP contribution in [-0.2, 0) is 19.1 Å². The highest BCUT2D eigenvalue weighted by atomic mass is 16.5. The smallest absolute Gasteiger partial charge is 0.333 e.